The second-order valence-corrected chi connectivity index (χ2v) is 6.19. The standard InChI is InChI=1S/C17H26N2O/c1-4-5-14-9-17(20)19(10-14)11-16(18)15-7-12(2)6-13(3)8-15/h6-8,14,16H,4-5,9-11,18H2,1-3H3. The van der Waals surface area contributed by atoms with Crippen LogP contribution in [0.1, 0.15) is 48.9 Å². The molecule has 2 atom stereocenters. The zero-order valence-corrected chi connectivity index (χ0v) is 12.9. The van der Waals surface area contributed by atoms with Crippen LogP contribution in [0.25, 0.3) is 0 Å². The highest BCUT2D eigenvalue weighted by Gasteiger charge is 2.29. The van der Waals surface area contributed by atoms with E-state index in [1.807, 2.05) is 4.90 Å². The number of amides is 1. The monoisotopic (exact) mass is 274 g/mol. The molecular weight excluding hydrogens is 248 g/mol. The summed E-state index contributed by atoms with van der Waals surface area (Å²) in [6.07, 6.45) is 2.99. The normalized spacial score (nSPS) is 20.5. The van der Waals surface area contributed by atoms with Gasteiger partial charge in [-0.3, -0.25) is 4.79 Å². The third-order valence-electron chi connectivity index (χ3n) is 4.08. The lowest BCUT2D eigenvalue weighted by Gasteiger charge is -2.22. The van der Waals surface area contributed by atoms with E-state index in [0.29, 0.717) is 18.9 Å². The number of nitrogens with two attached hydrogens (primary N) is 1. The maximum Gasteiger partial charge on any atom is 0.222 e. The molecule has 0 bridgehead atoms. The van der Waals surface area contributed by atoms with Crippen LogP contribution in [0.3, 0.4) is 0 Å². The number of nitrogens with zero attached hydrogens (tertiary/aromatic N) is 1. The van der Waals surface area contributed by atoms with Crippen molar-refractivity contribution < 1.29 is 4.79 Å². The Hall–Kier alpha value is -1.35. The summed E-state index contributed by atoms with van der Waals surface area (Å²) in [6, 6.07) is 6.32. The van der Waals surface area contributed by atoms with Crippen LogP contribution in [0, 0.1) is 19.8 Å². The highest BCUT2D eigenvalue weighted by atomic mass is 16.2. The predicted molar refractivity (Wildman–Crippen MR) is 82.4 cm³/mol. The summed E-state index contributed by atoms with van der Waals surface area (Å²) in [5, 5.41) is 0. The van der Waals surface area contributed by atoms with E-state index in [4.69, 9.17) is 5.73 Å². The number of aryl methyl sites for hydroxylation is 2. The zero-order valence-electron chi connectivity index (χ0n) is 12.9. The molecule has 0 aromatic heterocycles. The molecule has 1 aromatic rings. The molecule has 3 nitrogen and oxygen atoms in total. The minimum absolute atomic E-state index is 0.0853. The summed E-state index contributed by atoms with van der Waals surface area (Å²) in [6.45, 7) is 7.87. The molecule has 0 saturated carbocycles. The van der Waals surface area contributed by atoms with Gasteiger partial charge in [0.1, 0.15) is 0 Å². The number of carbonyl (C=O) groups excluding carboxylic acids is 1. The van der Waals surface area contributed by atoms with Gasteiger partial charge >= 0.3 is 0 Å². The van der Waals surface area contributed by atoms with Crippen molar-refractivity contribution in [2.24, 2.45) is 11.7 Å². The lowest BCUT2D eigenvalue weighted by molar-refractivity contribution is -0.127. The highest BCUT2D eigenvalue weighted by Crippen LogP contribution is 2.24. The van der Waals surface area contributed by atoms with E-state index in [1.54, 1.807) is 0 Å². The highest BCUT2D eigenvalue weighted by molar-refractivity contribution is 5.78. The Morgan fingerprint density at radius 2 is 1.95 bits per heavy atom. The Bertz CT molecular complexity index is 464. The largest absolute Gasteiger partial charge is 0.340 e. The van der Waals surface area contributed by atoms with E-state index in [2.05, 4.69) is 39.0 Å². The first-order valence-corrected chi connectivity index (χ1v) is 7.61. The Balaban J connectivity index is 2.00. The van der Waals surface area contributed by atoms with Crippen LogP contribution in [0.4, 0.5) is 0 Å². The number of likely N-dealkylation sites (tertiary alicyclic amines) is 1. The van der Waals surface area contributed by atoms with Gasteiger partial charge in [0, 0.05) is 25.6 Å². The zero-order chi connectivity index (χ0) is 14.7. The van der Waals surface area contributed by atoms with Gasteiger partial charge in [-0.2, -0.15) is 0 Å². The topological polar surface area (TPSA) is 46.3 Å². The lowest BCUT2D eigenvalue weighted by atomic mass is 10.0. The van der Waals surface area contributed by atoms with Crippen molar-refractivity contribution in [3.8, 4) is 0 Å². The van der Waals surface area contributed by atoms with Gasteiger partial charge in [-0.1, -0.05) is 42.7 Å². The minimum Gasteiger partial charge on any atom is -0.340 e. The quantitative estimate of drug-likeness (QED) is 0.897. The molecule has 1 fully saturated rings. The van der Waals surface area contributed by atoms with Gasteiger partial charge in [0.25, 0.3) is 0 Å². The van der Waals surface area contributed by atoms with Crippen LogP contribution >= 0.6 is 0 Å². The molecule has 3 heteroatoms. The van der Waals surface area contributed by atoms with Gasteiger partial charge in [-0.05, 0) is 31.7 Å². The summed E-state index contributed by atoms with van der Waals surface area (Å²) in [4.78, 5) is 14.0. The smallest absolute Gasteiger partial charge is 0.222 e. The van der Waals surface area contributed by atoms with Crippen LogP contribution < -0.4 is 5.73 Å². The fourth-order valence-corrected chi connectivity index (χ4v) is 3.20. The van der Waals surface area contributed by atoms with E-state index in [0.717, 1.165) is 24.9 Å². The molecule has 1 heterocycles. The number of hydrogen-bond donors (Lipinski definition) is 1. The van der Waals surface area contributed by atoms with Crippen molar-refractivity contribution in [1.82, 2.24) is 4.90 Å². The van der Waals surface area contributed by atoms with Crippen molar-refractivity contribution in [3.63, 3.8) is 0 Å². The van der Waals surface area contributed by atoms with Crippen LogP contribution in [0.5, 0.6) is 0 Å². The first-order valence-electron chi connectivity index (χ1n) is 7.61. The maximum absolute atomic E-state index is 12.0. The maximum atomic E-state index is 12.0. The van der Waals surface area contributed by atoms with Gasteiger partial charge in [0.15, 0.2) is 0 Å². The van der Waals surface area contributed by atoms with Gasteiger partial charge in [0.2, 0.25) is 5.91 Å². The molecule has 2 N–H and O–H groups in total. The van der Waals surface area contributed by atoms with Crippen LogP contribution in [-0.4, -0.2) is 23.9 Å². The Morgan fingerprint density at radius 1 is 1.30 bits per heavy atom. The third kappa shape index (κ3) is 3.60. The molecule has 0 radical (unpaired) electrons. The van der Waals surface area contributed by atoms with Crippen LogP contribution in [0.2, 0.25) is 0 Å². The summed E-state index contributed by atoms with van der Waals surface area (Å²) < 4.78 is 0. The van der Waals surface area contributed by atoms with E-state index in [1.165, 1.54) is 11.1 Å². The average molecular weight is 274 g/mol. The van der Waals surface area contributed by atoms with Gasteiger partial charge < -0.3 is 10.6 Å². The fourth-order valence-electron chi connectivity index (χ4n) is 3.20. The van der Waals surface area contributed by atoms with Crippen molar-refractivity contribution in [2.75, 3.05) is 13.1 Å². The molecule has 20 heavy (non-hydrogen) atoms. The van der Waals surface area contributed by atoms with Crippen molar-refractivity contribution in [1.29, 1.82) is 0 Å². The molecule has 0 aliphatic carbocycles. The summed E-state index contributed by atoms with van der Waals surface area (Å²) >= 11 is 0. The first kappa shape index (κ1) is 15.0. The SMILES string of the molecule is CCCC1CC(=O)N(CC(N)c2cc(C)cc(C)c2)C1. The molecule has 2 rings (SSSR count). The van der Waals surface area contributed by atoms with Gasteiger partial charge in [-0.15, -0.1) is 0 Å². The molecule has 1 aliphatic heterocycles. The number of rotatable bonds is 5. The molecule has 2 unspecified atom stereocenters. The molecular formula is C17H26N2O. The average Bonchev–Trinajstić information content (AvgIpc) is 2.69. The minimum atomic E-state index is -0.0853. The molecule has 110 valence electrons. The number of hydrogen-bond acceptors (Lipinski definition) is 2. The Labute approximate surface area is 122 Å². The number of benzene rings is 1. The van der Waals surface area contributed by atoms with Crippen molar-refractivity contribution >= 4 is 5.91 Å². The predicted octanol–water partition coefficient (Wildman–Crippen LogP) is 2.95. The molecule has 1 aromatic carbocycles. The van der Waals surface area contributed by atoms with Crippen molar-refractivity contribution in [3.05, 3.63) is 34.9 Å². The van der Waals surface area contributed by atoms with Gasteiger partial charge in [-0.25, -0.2) is 0 Å². The Morgan fingerprint density at radius 3 is 2.55 bits per heavy atom. The summed E-state index contributed by atoms with van der Waals surface area (Å²) in [7, 11) is 0. The van der Waals surface area contributed by atoms with Crippen LogP contribution in [0.15, 0.2) is 18.2 Å². The second kappa shape index (κ2) is 6.40. The first-order chi connectivity index (χ1) is 9.49. The molecule has 1 aliphatic rings. The van der Waals surface area contributed by atoms with Crippen molar-refractivity contribution in [2.45, 2.75) is 46.1 Å². The lowest BCUT2D eigenvalue weighted by Crippen LogP contribution is -2.33. The summed E-state index contributed by atoms with van der Waals surface area (Å²) in [5.74, 6) is 0.794. The van der Waals surface area contributed by atoms with E-state index in [9.17, 15) is 4.79 Å². The van der Waals surface area contributed by atoms with E-state index in [-0.39, 0.29) is 11.9 Å². The fraction of sp³-hybridized carbons (Fsp3) is 0.588. The van der Waals surface area contributed by atoms with Crippen LogP contribution in [-0.2, 0) is 4.79 Å². The van der Waals surface area contributed by atoms with Gasteiger partial charge in [0.05, 0.1) is 0 Å². The summed E-state index contributed by atoms with van der Waals surface area (Å²) in [5.41, 5.74) is 9.89. The molecule has 1 amide bonds. The number of carbonyl (C=O) groups is 1. The van der Waals surface area contributed by atoms with E-state index < -0.39 is 0 Å². The third-order valence-corrected chi connectivity index (χ3v) is 4.08. The molecule has 1 saturated heterocycles. The Kier molecular flexibility index (Phi) is 4.81. The molecule has 0 spiro atoms. The van der Waals surface area contributed by atoms with E-state index >= 15 is 0 Å². The second-order valence-electron chi connectivity index (χ2n) is 6.19.